The van der Waals surface area contributed by atoms with E-state index in [0.29, 0.717) is 23.7 Å². The minimum atomic E-state index is -1.02. The fraction of sp³-hybridized carbons (Fsp3) is 0.176. The van der Waals surface area contributed by atoms with Gasteiger partial charge in [-0.15, -0.1) is 0 Å². The molecule has 114 valence electrons. The quantitative estimate of drug-likeness (QED) is 0.802. The molecule has 5 heteroatoms. The number of benzene rings is 1. The molecule has 2 N–H and O–H groups in total. The van der Waals surface area contributed by atoms with E-state index < -0.39 is 5.97 Å². The number of aromatic nitrogens is 1. The highest BCUT2D eigenvalue weighted by atomic mass is 16.5. The lowest BCUT2D eigenvalue weighted by Gasteiger charge is -2.10. The Bertz CT molecular complexity index is 680. The number of hydrogen-bond acceptors (Lipinski definition) is 4. The first-order chi connectivity index (χ1) is 10.6. The number of aliphatic carboxylic acids is 1. The van der Waals surface area contributed by atoms with Gasteiger partial charge in [-0.25, -0.2) is 9.78 Å². The number of carbonyl (C=O) groups is 1. The maximum atomic E-state index is 11.0. The fourth-order valence-corrected chi connectivity index (χ4v) is 1.82. The molecule has 22 heavy (non-hydrogen) atoms. The van der Waals surface area contributed by atoms with Gasteiger partial charge in [-0.1, -0.05) is 30.3 Å². The lowest BCUT2D eigenvalue weighted by atomic mass is 10.2. The molecular weight excluding hydrogens is 282 g/mol. The summed E-state index contributed by atoms with van der Waals surface area (Å²) in [6.07, 6.45) is 1.43. The summed E-state index contributed by atoms with van der Waals surface area (Å²) in [7, 11) is 0. The first-order valence-corrected chi connectivity index (χ1v) is 6.79. The van der Waals surface area contributed by atoms with Crippen molar-refractivity contribution in [1.82, 2.24) is 4.98 Å². The fourth-order valence-electron chi connectivity index (χ4n) is 1.82. The van der Waals surface area contributed by atoms with Crippen LogP contribution in [0.4, 0.5) is 0 Å². The second-order valence-corrected chi connectivity index (χ2v) is 4.75. The van der Waals surface area contributed by atoms with Gasteiger partial charge in [-0.05, 0) is 30.7 Å². The van der Waals surface area contributed by atoms with Gasteiger partial charge >= 0.3 is 5.97 Å². The minimum absolute atomic E-state index is 0.146. The van der Waals surface area contributed by atoms with E-state index >= 15 is 0 Å². The zero-order valence-corrected chi connectivity index (χ0v) is 12.2. The molecule has 1 heterocycles. The lowest BCUT2D eigenvalue weighted by Crippen LogP contribution is -2.02. The molecule has 0 bridgehead atoms. The molecule has 0 atom stereocenters. The van der Waals surface area contributed by atoms with Gasteiger partial charge in [0, 0.05) is 5.57 Å². The Morgan fingerprint density at radius 3 is 2.59 bits per heavy atom. The van der Waals surface area contributed by atoms with Crippen molar-refractivity contribution in [2.75, 3.05) is 0 Å². The maximum Gasteiger partial charge on any atom is 0.331 e. The van der Waals surface area contributed by atoms with E-state index in [-0.39, 0.29) is 12.2 Å². The molecule has 0 saturated carbocycles. The van der Waals surface area contributed by atoms with Crippen molar-refractivity contribution in [1.29, 1.82) is 0 Å². The van der Waals surface area contributed by atoms with Crippen LogP contribution in [0.3, 0.4) is 0 Å². The van der Waals surface area contributed by atoms with Crippen molar-refractivity contribution in [3.63, 3.8) is 0 Å². The first kappa shape index (κ1) is 15.7. The Morgan fingerprint density at radius 2 is 1.95 bits per heavy atom. The van der Waals surface area contributed by atoms with Gasteiger partial charge in [-0.3, -0.25) is 0 Å². The molecule has 0 amide bonds. The Hall–Kier alpha value is -2.66. The highest BCUT2D eigenvalue weighted by molar-refractivity contribution is 5.91. The van der Waals surface area contributed by atoms with Crippen LogP contribution in [0.15, 0.2) is 48.0 Å². The average molecular weight is 299 g/mol. The summed E-state index contributed by atoms with van der Waals surface area (Å²) < 4.78 is 5.72. The molecule has 1 aromatic carbocycles. The molecule has 0 fully saturated rings. The maximum absolute atomic E-state index is 11.0. The minimum Gasteiger partial charge on any atom is -0.487 e. The first-order valence-electron chi connectivity index (χ1n) is 6.79. The normalized spacial score (nSPS) is 11.3. The van der Waals surface area contributed by atoms with Gasteiger partial charge in [0.1, 0.15) is 18.1 Å². The second kappa shape index (κ2) is 7.38. The van der Waals surface area contributed by atoms with Crippen LogP contribution in [0.5, 0.6) is 5.75 Å². The van der Waals surface area contributed by atoms with Crippen LogP contribution in [0.1, 0.15) is 23.9 Å². The number of nitrogens with zero attached hydrogens (tertiary/aromatic N) is 1. The molecule has 0 spiro atoms. The zero-order valence-electron chi connectivity index (χ0n) is 12.2. The number of rotatable bonds is 6. The van der Waals surface area contributed by atoms with Crippen molar-refractivity contribution in [2.45, 2.75) is 20.1 Å². The lowest BCUT2D eigenvalue weighted by molar-refractivity contribution is -0.132. The van der Waals surface area contributed by atoms with E-state index in [2.05, 4.69) is 4.98 Å². The van der Waals surface area contributed by atoms with Crippen LogP contribution >= 0.6 is 0 Å². The number of aliphatic hydroxyl groups excluding tert-OH is 1. The Balaban J connectivity index is 2.26. The summed E-state index contributed by atoms with van der Waals surface area (Å²) in [5, 5.41) is 18.1. The average Bonchev–Trinajstić information content (AvgIpc) is 2.54. The molecule has 0 aliphatic carbocycles. The number of aliphatic hydroxyl groups is 1. The number of ether oxygens (including phenoxy) is 1. The SMILES string of the molecule is CC(=Cc1nc(CO)ccc1OCc1ccccc1)C(=O)O. The van der Waals surface area contributed by atoms with E-state index in [1.54, 1.807) is 12.1 Å². The summed E-state index contributed by atoms with van der Waals surface area (Å²) >= 11 is 0. The summed E-state index contributed by atoms with van der Waals surface area (Å²) in [5.74, 6) is -0.549. The van der Waals surface area contributed by atoms with Crippen molar-refractivity contribution in [3.8, 4) is 5.75 Å². The Kier molecular flexibility index (Phi) is 5.27. The van der Waals surface area contributed by atoms with E-state index in [9.17, 15) is 4.79 Å². The summed E-state index contributed by atoms with van der Waals surface area (Å²) in [4.78, 5) is 15.2. The predicted octanol–water partition coefficient (Wildman–Crippen LogP) is 2.64. The summed E-state index contributed by atoms with van der Waals surface area (Å²) in [6.45, 7) is 1.62. The van der Waals surface area contributed by atoms with Gasteiger partial charge < -0.3 is 14.9 Å². The van der Waals surface area contributed by atoms with Crippen molar-refractivity contribution in [3.05, 3.63) is 65.0 Å². The van der Waals surface area contributed by atoms with Gasteiger partial charge in [0.25, 0.3) is 0 Å². The Morgan fingerprint density at radius 1 is 1.23 bits per heavy atom. The smallest absolute Gasteiger partial charge is 0.331 e. The molecule has 2 aromatic rings. The van der Waals surface area contributed by atoms with Crippen molar-refractivity contribution < 1.29 is 19.7 Å². The topological polar surface area (TPSA) is 79.7 Å². The third kappa shape index (κ3) is 4.17. The molecule has 0 radical (unpaired) electrons. The summed E-state index contributed by atoms with van der Waals surface area (Å²) in [6, 6.07) is 13.0. The third-order valence-electron chi connectivity index (χ3n) is 3.03. The Labute approximate surface area is 128 Å². The van der Waals surface area contributed by atoms with Crippen LogP contribution in [0.2, 0.25) is 0 Å². The molecule has 0 saturated heterocycles. The number of carboxylic acid groups (broad SMARTS) is 1. The van der Waals surface area contributed by atoms with Crippen LogP contribution in [0.25, 0.3) is 6.08 Å². The van der Waals surface area contributed by atoms with Gasteiger partial charge in [0.2, 0.25) is 0 Å². The number of hydrogen-bond donors (Lipinski definition) is 2. The predicted molar refractivity (Wildman–Crippen MR) is 82.2 cm³/mol. The van der Waals surface area contributed by atoms with E-state index in [4.69, 9.17) is 14.9 Å². The highest BCUT2D eigenvalue weighted by Crippen LogP contribution is 2.21. The van der Waals surface area contributed by atoms with Crippen LogP contribution in [-0.2, 0) is 18.0 Å². The largest absolute Gasteiger partial charge is 0.487 e. The molecule has 0 unspecified atom stereocenters. The monoisotopic (exact) mass is 299 g/mol. The third-order valence-corrected chi connectivity index (χ3v) is 3.03. The van der Waals surface area contributed by atoms with Crippen LogP contribution in [-0.4, -0.2) is 21.2 Å². The molecule has 5 nitrogen and oxygen atoms in total. The van der Waals surface area contributed by atoms with Gasteiger partial charge in [-0.2, -0.15) is 0 Å². The molecule has 0 aliphatic rings. The van der Waals surface area contributed by atoms with Gasteiger partial charge in [0.15, 0.2) is 0 Å². The highest BCUT2D eigenvalue weighted by Gasteiger charge is 2.08. The van der Waals surface area contributed by atoms with Crippen molar-refractivity contribution in [2.24, 2.45) is 0 Å². The molecule has 0 aliphatic heterocycles. The number of pyridine rings is 1. The second-order valence-electron chi connectivity index (χ2n) is 4.75. The molecular formula is C17H17NO4. The van der Waals surface area contributed by atoms with Crippen molar-refractivity contribution >= 4 is 12.0 Å². The van der Waals surface area contributed by atoms with Crippen LogP contribution in [0, 0.1) is 0 Å². The number of carboxylic acids is 1. The summed E-state index contributed by atoms with van der Waals surface area (Å²) in [5.41, 5.74) is 1.99. The standard InChI is InChI=1S/C17H17NO4/c1-12(17(20)21)9-15-16(8-7-14(10-19)18-15)22-11-13-5-3-2-4-6-13/h2-9,19H,10-11H2,1H3,(H,20,21). The van der Waals surface area contributed by atoms with E-state index in [1.165, 1.54) is 13.0 Å². The van der Waals surface area contributed by atoms with E-state index in [1.807, 2.05) is 30.3 Å². The zero-order chi connectivity index (χ0) is 15.9. The van der Waals surface area contributed by atoms with E-state index in [0.717, 1.165) is 5.56 Å². The van der Waals surface area contributed by atoms with Crippen LogP contribution < -0.4 is 4.74 Å². The molecule has 1 aromatic heterocycles. The van der Waals surface area contributed by atoms with Gasteiger partial charge in [0.05, 0.1) is 12.3 Å². The molecule has 2 rings (SSSR count).